The Kier molecular flexibility index (Phi) is 4.40. The molecule has 0 aromatic heterocycles. The van der Waals surface area contributed by atoms with E-state index in [-0.39, 0.29) is 6.04 Å². The smallest absolute Gasteiger partial charge is 0.380 e. The van der Waals surface area contributed by atoms with Crippen LogP contribution in [0.5, 0.6) is 0 Å². The molecule has 1 aliphatic rings. The Labute approximate surface area is 118 Å². The van der Waals surface area contributed by atoms with Gasteiger partial charge in [0.15, 0.2) is 0 Å². The molecule has 1 fully saturated rings. The molecule has 0 amide bonds. The van der Waals surface area contributed by atoms with Crippen LogP contribution in [0.25, 0.3) is 0 Å². The van der Waals surface area contributed by atoms with Crippen LogP contribution in [0, 0.1) is 0 Å². The Morgan fingerprint density at radius 3 is 2.68 bits per heavy atom. The summed E-state index contributed by atoms with van der Waals surface area (Å²) in [4.78, 5) is 0. The lowest BCUT2D eigenvalue weighted by atomic mass is 9.99. The molecule has 2 rings (SSSR count). The van der Waals surface area contributed by atoms with E-state index in [0.717, 1.165) is 31.5 Å². The largest absolute Gasteiger partial charge is 0.416 e. The molecular weight excluding hydrogens is 321 g/mol. The fourth-order valence-electron chi connectivity index (χ4n) is 2.25. The van der Waals surface area contributed by atoms with E-state index in [1.54, 1.807) is 0 Å². The highest BCUT2D eigenvalue weighted by Gasteiger charge is 2.31. The van der Waals surface area contributed by atoms with Crippen LogP contribution in [0.1, 0.15) is 25.3 Å². The zero-order valence-corrected chi connectivity index (χ0v) is 12.1. The van der Waals surface area contributed by atoms with Gasteiger partial charge in [0.25, 0.3) is 0 Å². The van der Waals surface area contributed by atoms with Crippen molar-refractivity contribution in [1.82, 2.24) is 5.32 Å². The van der Waals surface area contributed by atoms with Gasteiger partial charge in [-0.05, 0) is 60.4 Å². The molecule has 1 heterocycles. The van der Waals surface area contributed by atoms with Crippen molar-refractivity contribution in [3.8, 4) is 0 Å². The number of piperidine rings is 1. The number of anilines is 1. The summed E-state index contributed by atoms with van der Waals surface area (Å²) in [5, 5.41) is 6.65. The molecule has 0 saturated carbocycles. The molecule has 19 heavy (non-hydrogen) atoms. The van der Waals surface area contributed by atoms with Crippen molar-refractivity contribution in [2.45, 2.75) is 38.0 Å². The van der Waals surface area contributed by atoms with Gasteiger partial charge in [0.2, 0.25) is 0 Å². The predicted molar refractivity (Wildman–Crippen MR) is 73.3 cm³/mol. The molecule has 2 N–H and O–H groups in total. The molecule has 1 aromatic carbocycles. The maximum atomic E-state index is 12.6. The van der Waals surface area contributed by atoms with Gasteiger partial charge in [-0.3, -0.25) is 0 Å². The van der Waals surface area contributed by atoms with E-state index < -0.39 is 11.7 Å². The summed E-state index contributed by atoms with van der Waals surface area (Å²) in [6.45, 7) is 3.07. The predicted octanol–water partition coefficient (Wildman–Crippen LogP) is 4.02. The van der Waals surface area contributed by atoms with E-state index in [4.69, 9.17) is 0 Å². The molecule has 2 atom stereocenters. The first kappa shape index (κ1) is 14.7. The van der Waals surface area contributed by atoms with Gasteiger partial charge in [-0.25, -0.2) is 0 Å². The van der Waals surface area contributed by atoms with E-state index >= 15 is 0 Å². The molecule has 1 aliphatic heterocycles. The highest BCUT2D eigenvalue weighted by molar-refractivity contribution is 9.10. The average molecular weight is 337 g/mol. The SMILES string of the molecule is CC1NCCCC1Nc1ccc(C(F)(F)F)cc1Br. The van der Waals surface area contributed by atoms with Gasteiger partial charge < -0.3 is 10.6 Å². The van der Waals surface area contributed by atoms with E-state index in [1.807, 2.05) is 0 Å². The lowest BCUT2D eigenvalue weighted by Crippen LogP contribution is -2.46. The summed E-state index contributed by atoms with van der Waals surface area (Å²) in [5.41, 5.74) is 0.0632. The van der Waals surface area contributed by atoms with Crippen molar-refractivity contribution in [2.24, 2.45) is 0 Å². The Bertz CT molecular complexity index is 448. The van der Waals surface area contributed by atoms with Gasteiger partial charge >= 0.3 is 6.18 Å². The number of hydrogen-bond acceptors (Lipinski definition) is 2. The molecular formula is C13H16BrF3N2. The molecule has 2 unspecified atom stereocenters. The molecule has 6 heteroatoms. The molecule has 1 aromatic rings. The van der Waals surface area contributed by atoms with Gasteiger partial charge in [-0.2, -0.15) is 13.2 Å². The second kappa shape index (κ2) is 5.71. The van der Waals surface area contributed by atoms with Crippen molar-refractivity contribution in [3.05, 3.63) is 28.2 Å². The topological polar surface area (TPSA) is 24.1 Å². The number of rotatable bonds is 2. The summed E-state index contributed by atoms with van der Waals surface area (Å²) in [5.74, 6) is 0. The molecule has 1 saturated heterocycles. The third-order valence-electron chi connectivity index (χ3n) is 3.40. The highest BCUT2D eigenvalue weighted by atomic mass is 79.9. The summed E-state index contributed by atoms with van der Waals surface area (Å²) < 4.78 is 38.2. The number of nitrogens with one attached hydrogen (secondary N) is 2. The molecule has 106 valence electrons. The van der Waals surface area contributed by atoms with Crippen molar-refractivity contribution < 1.29 is 13.2 Å². The first-order chi connectivity index (χ1) is 8.88. The van der Waals surface area contributed by atoms with Gasteiger partial charge in [0.05, 0.1) is 5.56 Å². The van der Waals surface area contributed by atoms with Crippen molar-refractivity contribution >= 4 is 21.6 Å². The first-order valence-electron chi connectivity index (χ1n) is 6.24. The van der Waals surface area contributed by atoms with E-state index in [9.17, 15) is 13.2 Å². The fourth-order valence-corrected chi connectivity index (χ4v) is 2.74. The number of halogens is 4. The van der Waals surface area contributed by atoms with Gasteiger partial charge in [0, 0.05) is 22.2 Å². The van der Waals surface area contributed by atoms with Crippen LogP contribution in [-0.2, 0) is 6.18 Å². The normalized spacial score (nSPS) is 24.3. The Balaban J connectivity index is 2.13. The second-order valence-corrected chi connectivity index (χ2v) is 5.68. The third kappa shape index (κ3) is 3.63. The monoisotopic (exact) mass is 336 g/mol. The molecule has 2 nitrogen and oxygen atoms in total. The molecule has 0 bridgehead atoms. The summed E-state index contributed by atoms with van der Waals surface area (Å²) in [7, 11) is 0. The summed E-state index contributed by atoms with van der Waals surface area (Å²) in [6.07, 6.45) is -2.22. The van der Waals surface area contributed by atoms with Gasteiger partial charge in [-0.15, -0.1) is 0 Å². The minimum atomic E-state index is -4.30. The van der Waals surface area contributed by atoms with E-state index in [2.05, 4.69) is 33.5 Å². The minimum Gasteiger partial charge on any atom is -0.380 e. The third-order valence-corrected chi connectivity index (χ3v) is 4.06. The van der Waals surface area contributed by atoms with Gasteiger partial charge in [-0.1, -0.05) is 0 Å². The second-order valence-electron chi connectivity index (χ2n) is 4.83. The Morgan fingerprint density at radius 1 is 1.37 bits per heavy atom. The molecule has 0 spiro atoms. The van der Waals surface area contributed by atoms with Crippen molar-refractivity contribution in [3.63, 3.8) is 0 Å². The Morgan fingerprint density at radius 2 is 2.11 bits per heavy atom. The quantitative estimate of drug-likeness (QED) is 0.852. The molecule has 0 radical (unpaired) electrons. The number of hydrogen-bond donors (Lipinski definition) is 2. The van der Waals surface area contributed by atoms with Crippen LogP contribution < -0.4 is 10.6 Å². The highest BCUT2D eigenvalue weighted by Crippen LogP contribution is 2.34. The lowest BCUT2D eigenvalue weighted by molar-refractivity contribution is -0.137. The average Bonchev–Trinajstić information content (AvgIpc) is 2.33. The van der Waals surface area contributed by atoms with Crippen LogP contribution in [-0.4, -0.2) is 18.6 Å². The maximum absolute atomic E-state index is 12.6. The number of alkyl halides is 3. The first-order valence-corrected chi connectivity index (χ1v) is 7.04. The van der Waals surface area contributed by atoms with Crippen LogP contribution in [0.15, 0.2) is 22.7 Å². The zero-order chi connectivity index (χ0) is 14.0. The van der Waals surface area contributed by atoms with Gasteiger partial charge in [0.1, 0.15) is 0 Å². The Hall–Kier alpha value is -0.750. The van der Waals surface area contributed by atoms with Crippen LogP contribution in [0.3, 0.4) is 0 Å². The molecule has 0 aliphatic carbocycles. The van der Waals surface area contributed by atoms with Crippen LogP contribution >= 0.6 is 15.9 Å². The standard InChI is InChI=1S/C13H16BrF3N2/c1-8-11(3-2-6-18-8)19-12-5-4-9(7-10(12)14)13(15,16)17/h4-5,7-8,11,18-19H,2-3,6H2,1H3. The summed E-state index contributed by atoms with van der Waals surface area (Å²) in [6, 6.07) is 4.25. The van der Waals surface area contributed by atoms with E-state index in [0.29, 0.717) is 16.2 Å². The van der Waals surface area contributed by atoms with Crippen molar-refractivity contribution in [1.29, 1.82) is 0 Å². The zero-order valence-electron chi connectivity index (χ0n) is 10.5. The number of benzene rings is 1. The van der Waals surface area contributed by atoms with E-state index in [1.165, 1.54) is 6.07 Å². The van der Waals surface area contributed by atoms with Crippen LogP contribution in [0.2, 0.25) is 0 Å². The van der Waals surface area contributed by atoms with Crippen LogP contribution in [0.4, 0.5) is 18.9 Å². The minimum absolute atomic E-state index is 0.238. The summed E-state index contributed by atoms with van der Waals surface area (Å²) >= 11 is 3.20. The maximum Gasteiger partial charge on any atom is 0.416 e. The lowest BCUT2D eigenvalue weighted by Gasteiger charge is -2.31. The van der Waals surface area contributed by atoms with Crippen molar-refractivity contribution in [2.75, 3.05) is 11.9 Å². The fraction of sp³-hybridized carbons (Fsp3) is 0.538.